The fourth-order valence-corrected chi connectivity index (χ4v) is 2.99. The molecule has 1 aromatic carbocycles. The molecule has 1 unspecified atom stereocenters. The molecule has 0 amide bonds. The minimum Gasteiger partial charge on any atom is -0.382 e. The molecule has 1 atom stereocenters. The molecule has 4 nitrogen and oxygen atoms in total. The van der Waals surface area contributed by atoms with Gasteiger partial charge in [0.15, 0.2) is 0 Å². The van der Waals surface area contributed by atoms with E-state index in [4.69, 9.17) is 0 Å². The Morgan fingerprint density at radius 3 is 2.78 bits per heavy atom. The maximum atomic E-state index is 10.9. The summed E-state index contributed by atoms with van der Waals surface area (Å²) in [6, 6.07) is 13.9. The van der Waals surface area contributed by atoms with Gasteiger partial charge in [-0.1, -0.05) is 67.3 Å². The Morgan fingerprint density at radius 1 is 1.30 bits per heavy atom. The van der Waals surface area contributed by atoms with Crippen LogP contribution in [-0.2, 0) is 0 Å². The molecule has 2 N–H and O–H groups in total. The number of nitrogens with one attached hydrogen (secondary N) is 1. The third kappa shape index (κ3) is 4.54. The lowest BCUT2D eigenvalue weighted by atomic mass is 10.1. The topological polar surface area (TPSA) is 48.4 Å². The van der Waals surface area contributed by atoms with Crippen LogP contribution in [0.25, 0.3) is 11.3 Å². The molecular formula is C23H25N3O. The van der Waals surface area contributed by atoms with Crippen LogP contribution in [0, 0.1) is 0 Å². The molecule has 0 bridgehead atoms. The lowest BCUT2D eigenvalue weighted by Crippen LogP contribution is -2.28. The summed E-state index contributed by atoms with van der Waals surface area (Å²) in [5.41, 5.74) is 4.65. The van der Waals surface area contributed by atoms with E-state index in [0.29, 0.717) is 13.2 Å². The summed E-state index contributed by atoms with van der Waals surface area (Å²) in [5, 5.41) is 14.1. The molecule has 0 spiro atoms. The van der Waals surface area contributed by atoms with Gasteiger partial charge in [-0.2, -0.15) is 0 Å². The standard InChI is InChI=1S/C23H25N3O/c1-3-5-9-18(4-2)16-26-17-24-15-22(26)23(27)20-12-13-21(25-14-20)19-10-7-6-8-11-19/h3-15,23-24,27H,2,16-17H2,1H3/b5-3-,18-9+. The summed E-state index contributed by atoms with van der Waals surface area (Å²) in [5.74, 6) is 0. The highest BCUT2D eigenvalue weighted by atomic mass is 16.3. The Bertz CT molecular complexity index is 851. The van der Waals surface area contributed by atoms with Gasteiger partial charge in [0.25, 0.3) is 0 Å². The molecule has 1 aliphatic heterocycles. The third-order valence-electron chi connectivity index (χ3n) is 4.49. The van der Waals surface area contributed by atoms with Gasteiger partial charge in [-0.05, 0) is 18.6 Å². The maximum absolute atomic E-state index is 10.9. The molecular weight excluding hydrogens is 334 g/mol. The van der Waals surface area contributed by atoms with Crippen LogP contribution in [-0.4, -0.2) is 28.2 Å². The van der Waals surface area contributed by atoms with Gasteiger partial charge in [-0.15, -0.1) is 0 Å². The van der Waals surface area contributed by atoms with Crippen LogP contribution >= 0.6 is 0 Å². The van der Waals surface area contributed by atoms with Crippen LogP contribution < -0.4 is 5.32 Å². The minimum absolute atomic E-state index is 0.656. The number of benzene rings is 1. The number of aromatic nitrogens is 1. The van der Waals surface area contributed by atoms with Crippen LogP contribution in [0.3, 0.4) is 0 Å². The van der Waals surface area contributed by atoms with Crippen molar-refractivity contribution in [2.24, 2.45) is 0 Å². The molecule has 0 radical (unpaired) electrons. The normalized spacial score (nSPS) is 15.6. The molecule has 1 aliphatic rings. The Balaban J connectivity index is 1.74. The molecule has 2 heterocycles. The number of pyridine rings is 1. The van der Waals surface area contributed by atoms with Gasteiger partial charge < -0.3 is 15.3 Å². The fourth-order valence-electron chi connectivity index (χ4n) is 2.99. The second-order valence-electron chi connectivity index (χ2n) is 6.35. The molecule has 138 valence electrons. The summed E-state index contributed by atoms with van der Waals surface area (Å²) < 4.78 is 0. The van der Waals surface area contributed by atoms with Crippen LogP contribution in [0.4, 0.5) is 0 Å². The molecule has 2 aromatic rings. The zero-order valence-corrected chi connectivity index (χ0v) is 15.5. The number of allylic oxidation sites excluding steroid dienone is 3. The van der Waals surface area contributed by atoms with E-state index in [9.17, 15) is 5.11 Å². The summed E-state index contributed by atoms with van der Waals surface area (Å²) in [6.07, 6.45) is 10.7. The van der Waals surface area contributed by atoms with E-state index in [1.165, 1.54) is 0 Å². The Hall–Kier alpha value is -3.11. The molecule has 0 aliphatic carbocycles. The van der Waals surface area contributed by atoms with Crippen LogP contribution in [0.1, 0.15) is 18.6 Å². The Kier molecular flexibility index (Phi) is 6.23. The second-order valence-corrected chi connectivity index (χ2v) is 6.35. The van der Waals surface area contributed by atoms with E-state index in [1.54, 1.807) is 6.20 Å². The third-order valence-corrected chi connectivity index (χ3v) is 4.49. The zero-order chi connectivity index (χ0) is 19.1. The van der Waals surface area contributed by atoms with Gasteiger partial charge in [-0.3, -0.25) is 4.98 Å². The average molecular weight is 359 g/mol. The number of aliphatic hydroxyl groups is 1. The molecule has 0 fully saturated rings. The predicted molar refractivity (Wildman–Crippen MR) is 111 cm³/mol. The van der Waals surface area contributed by atoms with Crippen molar-refractivity contribution in [1.82, 2.24) is 15.2 Å². The average Bonchev–Trinajstić information content (AvgIpc) is 3.19. The van der Waals surface area contributed by atoms with Gasteiger partial charge in [0.1, 0.15) is 6.10 Å². The van der Waals surface area contributed by atoms with Crippen molar-refractivity contribution < 1.29 is 5.11 Å². The van der Waals surface area contributed by atoms with Gasteiger partial charge in [0.2, 0.25) is 0 Å². The highest BCUT2D eigenvalue weighted by Gasteiger charge is 2.23. The molecule has 4 heteroatoms. The van der Waals surface area contributed by atoms with Gasteiger partial charge in [0, 0.05) is 30.1 Å². The first-order chi connectivity index (χ1) is 13.2. The van der Waals surface area contributed by atoms with E-state index in [-0.39, 0.29) is 0 Å². The van der Waals surface area contributed by atoms with Crippen molar-refractivity contribution in [1.29, 1.82) is 0 Å². The smallest absolute Gasteiger partial charge is 0.122 e. The summed E-state index contributed by atoms with van der Waals surface area (Å²) in [6.45, 7) is 7.20. The lowest BCUT2D eigenvalue weighted by molar-refractivity contribution is 0.175. The van der Waals surface area contributed by atoms with E-state index >= 15 is 0 Å². The van der Waals surface area contributed by atoms with Crippen molar-refractivity contribution in [2.45, 2.75) is 13.0 Å². The highest BCUT2D eigenvalue weighted by molar-refractivity contribution is 5.58. The zero-order valence-electron chi connectivity index (χ0n) is 15.5. The van der Waals surface area contributed by atoms with Crippen molar-refractivity contribution in [2.75, 3.05) is 13.2 Å². The van der Waals surface area contributed by atoms with Crippen molar-refractivity contribution in [3.63, 3.8) is 0 Å². The SMILES string of the molecule is C=C/C(=C\C=C/C)CN1CNC=C1C(O)c1ccc(-c2ccccc2)nc1. The van der Waals surface area contributed by atoms with Gasteiger partial charge in [0.05, 0.1) is 18.1 Å². The number of rotatable bonds is 7. The van der Waals surface area contributed by atoms with Crippen molar-refractivity contribution in [3.8, 4) is 11.3 Å². The Morgan fingerprint density at radius 2 is 2.11 bits per heavy atom. The lowest BCUT2D eigenvalue weighted by Gasteiger charge is -2.25. The van der Waals surface area contributed by atoms with E-state index in [2.05, 4.69) is 21.8 Å². The summed E-state index contributed by atoms with van der Waals surface area (Å²) >= 11 is 0. The molecule has 1 aromatic heterocycles. The van der Waals surface area contributed by atoms with Gasteiger partial charge >= 0.3 is 0 Å². The second kappa shape index (κ2) is 9.01. The highest BCUT2D eigenvalue weighted by Crippen LogP contribution is 2.27. The number of nitrogens with zero attached hydrogens (tertiary/aromatic N) is 2. The minimum atomic E-state index is -0.731. The first-order valence-electron chi connectivity index (χ1n) is 9.05. The summed E-state index contributed by atoms with van der Waals surface area (Å²) in [7, 11) is 0. The van der Waals surface area contributed by atoms with Crippen LogP contribution in [0.15, 0.2) is 97.0 Å². The van der Waals surface area contributed by atoms with E-state index in [0.717, 1.165) is 28.1 Å². The van der Waals surface area contributed by atoms with Crippen molar-refractivity contribution >= 4 is 0 Å². The van der Waals surface area contributed by atoms with Crippen molar-refractivity contribution in [3.05, 3.63) is 103 Å². The number of hydrogen-bond acceptors (Lipinski definition) is 4. The number of hydrogen-bond donors (Lipinski definition) is 2. The quantitative estimate of drug-likeness (QED) is 0.728. The van der Waals surface area contributed by atoms with Crippen LogP contribution in [0.5, 0.6) is 0 Å². The molecule has 0 saturated heterocycles. The first-order valence-corrected chi connectivity index (χ1v) is 9.05. The predicted octanol–water partition coefficient (Wildman–Crippen LogP) is 4.17. The van der Waals surface area contributed by atoms with Gasteiger partial charge in [-0.25, -0.2) is 0 Å². The molecule has 3 rings (SSSR count). The number of aliphatic hydroxyl groups excluding tert-OH is 1. The Labute approximate surface area is 160 Å². The largest absolute Gasteiger partial charge is 0.382 e. The summed E-state index contributed by atoms with van der Waals surface area (Å²) in [4.78, 5) is 6.63. The first kappa shape index (κ1) is 18.7. The van der Waals surface area contributed by atoms with Crippen LogP contribution in [0.2, 0.25) is 0 Å². The molecule has 0 saturated carbocycles. The molecule has 27 heavy (non-hydrogen) atoms. The van der Waals surface area contributed by atoms with E-state index in [1.807, 2.05) is 79.9 Å². The maximum Gasteiger partial charge on any atom is 0.122 e. The fraction of sp³-hybridized carbons (Fsp3) is 0.174. The van der Waals surface area contributed by atoms with E-state index < -0.39 is 6.10 Å². The monoisotopic (exact) mass is 359 g/mol.